The van der Waals surface area contributed by atoms with E-state index in [9.17, 15) is 9.18 Å². The lowest BCUT2D eigenvalue weighted by molar-refractivity contribution is -0.129. The molecule has 5 rings (SSSR count). The Labute approximate surface area is 268 Å². The van der Waals surface area contributed by atoms with Crippen molar-refractivity contribution in [2.45, 2.75) is 37.6 Å². The van der Waals surface area contributed by atoms with Crippen molar-refractivity contribution in [2.75, 3.05) is 13.2 Å². The van der Waals surface area contributed by atoms with Gasteiger partial charge >= 0.3 is 0 Å². The Morgan fingerprint density at radius 3 is 2.47 bits per heavy atom. The summed E-state index contributed by atoms with van der Waals surface area (Å²) in [5.74, 6) is 0.156. The summed E-state index contributed by atoms with van der Waals surface area (Å²) in [4.78, 5) is 22.4. The van der Waals surface area contributed by atoms with Gasteiger partial charge in [0.2, 0.25) is 5.90 Å². The molecule has 1 aliphatic heterocycles. The number of amides is 1. The van der Waals surface area contributed by atoms with Gasteiger partial charge in [0.1, 0.15) is 11.6 Å². The molecule has 1 heterocycles. The fraction of sp³-hybridized carbons (Fsp3) is 0.235. The van der Waals surface area contributed by atoms with Crippen molar-refractivity contribution in [1.82, 2.24) is 5.32 Å². The number of carbonyl (C=O) groups excluding carboxylic acids is 1. The van der Waals surface area contributed by atoms with Crippen molar-refractivity contribution in [3.63, 3.8) is 0 Å². The molecular weight excluding hydrogens is 641 g/mol. The number of hydrogen-bond acceptors (Lipinski definition) is 6. The first-order chi connectivity index (χ1) is 21.9. The highest BCUT2D eigenvalue weighted by atomic mass is 79.9. The van der Waals surface area contributed by atoms with E-state index in [4.69, 9.17) is 25.1 Å². The van der Waals surface area contributed by atoms with Crippen LogP contribution < -0.4 is 10.1 Å². The summed E-state index contributed by atoms with van der Waals surface area (Å²) in [6, 6.07) is 28.1. The molecule has 0 aliphatic carbocycles. The lowest BCUT2D eigenvalue weighted by Crippen LogP contribution is -2.49. The number of azide groups is 1. The highest BCUT2D eigenvalue weighted by Crippen LogP contribution is 2.44. The van der Waals surface area contributed by atoms with Gasteiger partial charge in [-0.3, -0.25) is 4.79 Å². The molecule has 2 N–H and O–H groups in total. The van der Waals surface area contributed by atoms with Gasteiger partial charge in [-0.2, -0.15) is 0 Å². The molecule has 0 spiro atoms. The summed E-state index contributed by atoms with van der Waals surface area (Å²) in [5, 5.41) is 15.9. The number of nitrogens with zero attached hydrogens (tertiary/aromatic N) is 4. The van der Waals surface area contributed by atoms with Crippen LogP contribution in [-0.4, -0.2) is 35.7 Å². The normalized spacial score (nSPS) is 17.1. The van der Waals surface area contributed by atoms with Crippen LogP contribution in [-0.2, 0) is 29.0 Å². The summed E-state index contributed by atoms with van der Waals surface area (Å²) < 4.78 is 26.8. The van der Waals surface area contributed by atoms with E-state index in [0.29, 0.717) is 35.5 Å². The van der Waals surface area contributed by atoms with Crippen LogP contribution in [0.4, 0.5) is 4.39 Å². The third kappa shape index (κ3) is 7.69. The number of halogens is 2. The summed E-state index contributed by atoms with van der Waals surface area (Å²) >= 11 is 3.48. The molecule has 45 heavy (non-hydrogen) atoms. The minimum absolute atomic E-state index is 0.0367. The topological polar surface area (TPSA) is 129 Å². The van der Waals surface area contributed by atoms with E-state index in [1.54, 1.807) is 24.3 Å². The minimum Gasteiger partial charge on any atom is -0.494 e. The highest BCUT2D eigenvalue weighted by molar-refractivity contribution is 9.10. The molecule has 1 amide bonds. The van der Waals surface area contributed by atoms with Gasteiger partial charge in [0, 0.05) is 40.9 Å². The van der Waals surface area contributed by atoms with Crippen LogP contribution in [0.1, 0.15) is 40.3 Å². The van der Waals surface area contributed by atoms with Crippen LogP contribution in [0.25, 0.3) is 10.4 Å². The predicted octanol–water partition coefficient (Wildman–Crippen LogP) is 6.98. The zero-order chi connectivity index (χ0) is 31.6. The molecule has 4 aromatic rings. The van der Waals surface area contributed by atoms with E-state index in [1.165, 1.54) is 12.1 Å². The smallest absolute Gasteiger partial charge is 0.252 e. The molecule has 1 aliphatic rings. The summed E-state index contributed by atoms with van der Waals surface area (Å²) in [7, 11) is 0. The molecule has 0 radical (unpaired) electrons. The van der Waals surface area contributed by atoms with Crippen molar-refractivity contribution in [1.29, 1.82) is 0 Å². The summed E-state index contributed by atoms with van der Waals surface area (Å²) in [5.41, 5.74) is 11.2. The van der Waals surface area contributed by atoms with Gasteiger partial charge in [-0.15, -0.1) is 0 Å². The van der Waals surface area contributed by atoms with E-state index < -0.39 is 11.6 Å². The SMILES string of the molecule is [N-]=[N+]=NCc1ccccc1[C@H]1OC(c2ccc(OCCCO)cc2)=N[C@@]1(Cc1ccc(Br)cc1)C(=O)NCc1ccc(F)cc1. The van der Waals surface area contributed by atoms with Crippen molar-refractivity contribution >= 4 is 27.7 Å². The molecule has 0 aromatic heterocycles. The van der Waals surface area contributed by atoms with Crippen LogP contribution in [0.3, 0.4) is 0 Å². The number of carbonyl (C=O) groups is 1. The van der Waals surface area contributed by atoms with E-state index in [2.05, 4.69) is 31.3 Å². The number of aliphatic imine (C=N–C) groups is 1. The molecule has 11 heteroatoms. The van der Waals surface area contributed by atoms with Crippen LogP contribution in [0, 0.1) is 5.82 Å². The van der Waals surface area contributed by atoms with E-state index in [0.717, 1.165) is 15.6 Å². The van der Waals surface area contributed by atoms with Gasteiger partial charge in [0.25, 0.3) is 5.91 Å². The summed E-state index contributed by atoms with van der Waals surface area (Å²) in [6.45, 7) is 0.628. The highest BCUT2D eigenvalue weighted by Gasteiger charge is 2.53. The largest absolute Gasteiger partial charge is 0.494 e. The number of benzene rings is 4. The molecule has 0 bridgehead atoms. The first kappa shape index (κ1) is 31.7. The van der Waals surface area contributed by atoms with Crippen LogP contribution in [0.2, 0.25) is 0 Å². The van der Waals surface area contributed by atoms with Crippen molar-refractivity contribution in [3.05, 3.63) is 146 Å². The predicted molar refractivity (Wildman–Crippen MR) is 172 cm³/mol. The fourth-order valence-corrected chi connectivity index (χ4v) is 5.42. The molecule has 0 saturated heterocycles. The van der Waals surface area contributed by atoms with Gasteiger partial charge < -0.3 is 19.9 Å². The third-order valence-electron chi connectivity index (χ3n) is 7.43. The Balaban J connectivity index is 1.59. The van der Waals surface area contributed by atoms with Crippen molar-refractivity contribution in [2.24, 2.45) is 10.1 Å². The number of hydrogen-bond donors (Lipinski definition) is 2. The Bertz CT molecular complexity index is 1690. The monoisotopic (exact) mass is 671 g/mol. The molecule has 9 nitrogen and oxygen atoms in total. The quantitative estimate of drug-likeness (QED) is 0.0688. The fourth-order valence-electron chi connectivity index (χ4n) is 5.15. The zero-order valence-electron chi connectivity index (χ0n) is 24.3. The molecule has 0 unspecified atom stereocenters. The second-order valence-corrected chi connectivity index (χ2v) is 11.4. The third-order valence-corrected chi connectivity index (χ3v) is 7.95. The second-order valence-electron chi connectivity index (χ2n) is 10.5. The lowest BCUT2D eigenvalue weighted by atomic mass is 9.80. The zero-order valence-corrected chi connectivity index (χ0v) is 25.9. The number of aliphatic hydroxyl groups is 1. The Morgan fingerprint density at radius 2 is 1.76 bits per heavy atom. The van der Waals surface area contributed by atoms with Gasteiger partial charge in [-0.05, 0) is 76.3 Å². The maximum atomic E-state index is 14.5. The maximum absolute atomic E-state index is 14.5. The number of nitrogens with one attached hydrogen (secondary N) is 1. The maximum Gasteiger partial charge on any atom is 0.252 e. The van der Waals surface area contributed by atoms with E-state index >= 15 is 0 Å². The van der Waals surface area contributed by atoms with E-state index in [1.807, 2.05) is 60.7 Å². The molecule has 230 valence electrons. The summed E-state index contributed by atoms with van der Waals surface area (Å²) in [6.07, 6.45) is -0.169. The molecular formula is C34H31BrFN5O4. The van der Waals surface area contributed by atoms with Gasteiger partial charge in [0.05, 0.1) is 13.2 Å². The van der Waals surface area contributed by atoms with Crippen molar-refractivity contribution < 1.29 is 23.8 Å². The Kier molecular flexibility index (Phi) is 10.5. The van der Waals surface area contributed by atoms with E-state index in [-0.39, 0.29) is 43.7 Å². The minimum atomic E-state index is -1.47. The second kappa shape index (κ2) is 14.9. The van der Waals surface area contributed by atoms with Crippen LogP contribution in [0.15, 0.2) is 112 Å². The van der Waals surface area contributed by atoms with Gasteiger partial charge in [-0.25, -0.2) is 9.38 Å². The van der Waals surface area contributed by atoms with Gasteiger partial charge in [0.15, 0.2) is 11.6 Å². The van der Waals surface area contributed by atoms with Crippen molar-refractivity contribution in [3.8, 4) is 5.75 Å². The average Bonchev–Trinajstić information content (AvgIpc) is 3.45. The number of aliphatic hydroxyl groups excluding tert-OH is 1. The molecule has 2 atom stereocenters. The average molecular weight is 673 g/mol. The molecule has 0 fully saturated rings. The number of ether oxygens (including phenoxy) is 2. The van der Waals surface area contributed by atoms with Crippen LogP contribution >= 0.6 is 15.9 Å². The number of rotatable bonds is 13. The van der Waals surface area contributed by atoms with Gasteiger partial charge in [-0.1, -0.05) is 69.6 Å². The Morgan fingerprint density at radius 1 is 1.04 bits per heavy atom. The lowest BCUT2D eigenvalue weighted by Gasteiger charge is -2.32. The molecule has 0 saturated carbocycles. The van der Waals surface area contributed by atoms with Crippen LogP contribution in [0.5, 0.6) is 5.75 Å². The Hall–Kier alpha value is -4.70. The molecule has 4 aromatic carbocycles. The first-order valence-corrected chi connectivity index (χ1v) is 15.2. The standard InChI is InChI=1S/C34H31BrFN5O4/c35-27-12-6-23(7-13-27)20-34(33(43)38-21-24-8-14-28(36)15-9-24)31(30-5-2-1-4-26(30)22-39-41-37)45-32(40-34)25-10-16-29(17-11-25)44-19-3-18-42/h1-2,4-17,31,42H,3,18-22H2,(H,38,43)/t31-,34-/m1/s1. The first-order valence-electron chi connectivity index (χ1n) is 14.4.